The Balaban J connectivity index is 1.22. The van der Waals surface area contributed by atoms with E-state index in [4.69, 9.17) is 9.84 Å². The summed E-state index contributed by atoms with van der Waals surface area (Å²) in [6.45, 7) is 8.24. The normalized spacial score (nSPS) is 27.5. The molecule has 3 fully saturated rings. The minimum absolute atomic E-state index is 0.184. The number of hydrogen-bond donors (Lipinski definition) is 1. The fraction of sp³-hybridized carbons (Fsp3) is 0.682. The van der Waals surface area contributed by atoms with Crippen molar-refractivity contribution in [3.63, 3.8) is 0 Å². The quantitative estimate of drug-likeness (QED) is 0.833. The summed E-state index contributed by atoms with van der Waals surface area (Å²) in [5, 5.41) is 9.15. The smallest absolute Gasteiger partial charge is 0.407 e. The third kappa shape index (κ3) is 4.67. The molecule has 1 aromatic rings. The average molecular weight is 406 g/mol. The van der Waals surface area contributed by atoms with Gasteiger partial charge in [-0.15, -0.1) is 0 Å². The minimum atomic E-state index is -0.802. The van der Waals surface area contributed by atoms with Crippen molar-refractivity contribution >= 4 is 11.8 Å². The Hall–Kier alpha value is -1.86. The molecular weight excluding hydrogens is 373 g/mol. The standard InChI is InChI=1S/C22H32FN3O3/c1-17-15-26(19-4-2-18(23)3-5-19)13-12-24(17)9-6-20-14-22(16-29-20)7-10-25(11-8-22)21(27)28/h2-5,17,20H,6-16H2,1H3,(H,27,28)/t17-,20?/m1/s1. The van der Waals surface area contributed by atoms with Gasteiger partial charge in [0, 0.05) is 51.0 Å². The van der Waals surface area contributed by atoms with E-state index in [-0.39, 0.29) is 17.3 Å². The van der Waals surface area contributed by atoms with Crippen LogP contribution in [0, 0.1) is 11.2 Å². The van der Waals surface area contributed by atoms with Gasteiger partial charge in [0.15, 0.2) is 0 Å². The van der Waals surface area contributed by atoms with Crippen LogP contribution >= 0.6 is 0 Å². The van der Waals surface area contributed by atoms with Gasteiger partial charge in [0.25, 0.3) is 0 Å². The molecule has 0 bridgehead atoms. The lowest BCUT2D eigenvalue weighted by molar-refractivity contribution is 0.0560. The second kappa shape index (κ2) is 8.48. The van der Waals surface area contributed by atoms with Gasteiger partial charge < -0.3 is 19.6 Å². The molecule has 3 saturated heterocycles. The molecule has 3 heterocycles. The summed E-state index contributed by atoms with van der Waals surface area (Å²) in [5.41, 5.74) is 1.27. The molecule has 6 nitrogen and oxygen atoms in total. The zero-order valence-corrected chi connectivity index (χ0v) is 17.2. The van der Waals surface area contributed by atoms with Crippen molar-refractivity contribution < 1.29 is 19.0 Å². The zero-order chi connectivity index (χ0) is 20.4. The first-order valence-corrected chi connectivity index (χ1v) is 10.8. The monoisotopic (exact) mass is 405 g/mol. The SMILES string of the molecule is C[C@@H]1CN(c2ccc(F)cc2)CCN1CCC1CC2(CCN(C(=O)O)CC2)CO1. The first kappa shape index (κ1) is 20.4. The minimum Gasteiger partial charge on any atom is -0.465 e. The van der Waals surface area contributed by atoms with Gasteiger partial charge in [-0.1, -0.05) is 0 Å². The average Bonchev–Trinajstić information content (AvgIpc) is 3.10. The molecule has 3 aliphatic rings. The van der Waals surface area contributed by atoms with Gasteiger partial charge in [0.05, 0.1) is 12.7 Å². The van der Waals surface area contributed by atoms with E-state index in [1.54, 1.807) is 0 Å². The highest BCUT2D eigenvalue weighted by atomic mass is 19.1. The molecule has 1 unspecified atom stereocenters. The van der Waals surface area contributed by atoms with Crippen LogP contribution in [0.1, 0.15) is 32.6 Å². The molecule has 7 heteroatoms. The Morgan fingerprint density at radius 3 is 2.59 bits per heavy atom. The fourth-order valence-electron chi connectivity index (χ4n) is 5.13. The van der Waals surface area contributed by atoms with E-state index in [1.807, 2.05) is 12.1 Å². The third-order valence-corrected chi connectivity index (χ3v) is 7.08. The summed E-state index contributed by atoms with van der Waals surface area (Å²) >= 11 is 0. The van der Waals surface area contributed by atoms with Crippen LogP contribution in [0.4, 0.5) is 14.9 Å². The predicted molar refractivity (Wildman–Crippen MR) is 110 cm³/mol. The number of piperidine rings is 1. The molecule has 1 N–H and O–H groups in total. The molecule has 0 radical (unpaired) electrons. The second-order valence-corrected chi connectivity index (χ2v) is 9.00. The number of rotatable bonds is 4. The van der Waals surface area contributed by atoms with Crippen molar-refractivity contribution in [1.82, 2.24) is 9.80 Å². The number of nitrogens with zero attached hydrogens (tertiary/aromatic N) is 3. The summed E-state index contributed by atoms with van der Waals surface area (Å²) in [6, 6.07) is 7.22. The molecule has 4 rings (SSSR count). The van der Waals surface area contributed by atoms with Crippen LogP contribution in [0.25, 0.3) is 0 Å². The maximum absolute atomic E-state index is 13.2. The Morgan fingerprint density at radius 1 is 1.21 bits per heavy atom. The van der Waals surface area contributed by atoms with Crippen LogP contribution in [0.5, 0.6) is 0 Å². The van der Waals surface area contributed by atoms with Crippen molar-refractivity contribution in [2.45, 2.75) is 44.8 Å². The van der Waals surface area contributed by atoms with Gasteiger partial charge in [0.1, 0.15) is 5.82 Å². The topological polar surface area (TPSA) is 56.2 Å². The molecule has 2 atom stereocenters. The lowest BCUT2D eigenvalue weighted by Crippen LogP contribution is -2.52. The second-order valence-electron chi connectivity index (χ2n) is 9.00. The Kier molecular flexibility index (Phi) is 5.97. The maximum Gasteiger partial charge on any atom is 0.407 e. The molecule has 1 amide bonds. The number of halogens is 1. The molecule has 0 aliphatic carbocycles. The Morgan fingerprint density at radius 2 is 1.93 bits per heavy atom. The van der Waals surface area contributed by atoms with E-state index in [1.165, 1.54) is 17.0 Å². The summed E-state index contributed by atoms with van der Waals surface area (Å²) in [4.78, 5) is 17.5. The molecule has 0 aromatic heterocycles. The summed E-state index contributed by atoms with van der Waals surface area (Å²) < 4.78 is 19.3. The van der Waals surface area contributed by atoms with Gasteiger partial charge in [-0.05, 0) is 62.3 Å². The van der Waals surface area contributed by atoms with Crippen molar-refractivity contribution in [2.75, 3.05) is 50.8 Å². The predicted octanol–water partition coefficient (Wildman–Crippen LogP) is 3.28. The van der Waals surface area contributed by atoms with Crippen LogP contribution in [0.15, 0.2) is 24.3 Å². The maximum atomic E-state index is 13.2. The van der Waals surface area contributed by atoms with Crippen molar-refractivity contribution in [2.24, 2.45) is 5.41 Å². The van der Waals surface area contributed by atoms with Gasteiger partial charge in [-0.2, -0.15) is 0 Å². The molecule has 160 valence electrons. The van der Waals surface area contributed by atoms with Crippen molar-refractivity contribution in [1.29, 1.82) is 0 Å². The number of amides is 1. The Bertz CT molecular complexity index is 706. The van der Waals surface area contributed by atoms with Crippen molar-refractivity contribution in [3.05, 3.63) is 30.1 Å². The van der Waals surface area contributed by atoms with Gasteiger partial charge in [-0.25, -0.2) is 9.18 Å². The van der Waals surface area contributed by atoms with Crippen LogP contribution in [0.3, 0.4) is 0 Å². The molecular formula is C22H32FN3O3. The number of carboxylic acid groups (broad SMARTS) is 1. The summed E-state index contributed by atoms with van der Waals surface area (Å²) in [6.07, 6.45) is 3.42. The molecule has 1 aromatic carbocycles. The number of likely N-dealkylation sites (tertiary alicyclic amines) is 1. The first-order chi connectivity index (χ1) is 13.9. The van der Waals surface area contributed by atoms with Gasteiger partial charge in [0.2, 0.25) is 0 Å². The van der Waals surface area contributed by atoms with E-state index in [9.17, 15) is 9.18 Å². The number of benzene rings is 1. The number of piperazine rings is 1. The van der Waals surface area contributed by atoms with E-state index in [2.05, 4.69) is 16.7 Å². The van der Waals surface area contributed by atoms with E-state index in [0.29, 0.717) is 19.1 Å². The highest BCUT2D eigenvalue weighted by molar-refractivity contribution is 5.65. The number of ether oxygens (including phenoxy) is 1. The van der Waals surface area contributed by atoms with Crippen LogP contribution in [-0.2, 0) is 4.74 Å². The highest BCUT2D eigenvalue weighted by Crippen LogP contribution is 2.42. The van der Waals surface area contributed by atoms with E-state index in [0.717, 1.165) is 64.2 Å². The lowest BCUT2D eigenvalue weighted by atomic mass is 9.76. The largest absolute Gasteiger partial charge is 0.465 e. The molecule has 1 spiro atoms. The van der Waals surface area contributed by atoms with Crippen LogP contribution in [0.2, 0.25) is 0 Å². The molecule has 0 saturated carbocycles. The summed E-state index contributed by atoms with van der Waals surface area (Å²) in [7, 11) is 0. The van der Waals surface area contributed by atoms with Crippen LogP contribution < -0.4 is 4.90 Å². The Labute approximate surface area is 172 Å². The molecule has 29 heavy (non-hydrogen) atoms. The highest BCUT2D eigenvalue weighted by Gasteiger charge is 2.43. The van der Waals surface area contributed by atoms with E-state index < -0.39 is 6.09 Å². The van der Waals surface area contributed by atoms with Gasteiger partial charge in [-0.3, -0.25) is 4.90 Å². The molecule has 3 aliphatic heterocycles. The number of anilines is 1. The fourth-order valence-corrected chi connectivity index (χ4v) is 5.13. The first-order valence-electron chi connectivity index (χ1n) is 10.8. The summed E-state index contributed by atoms with van der Waals surface area (Å²) in [5.74, 6) is -0.191. The van der Waals surface area contributed by atoms with E-state index >= 15 is 0 Å². The van der Waals surface area contributed by atoms with Gasteiger partial charge >= 0.3 is 6.09 Å². The van der Waals surface area contributed by atoms with Crippen LogP contribution in [-0.4, -0.2) is 79.0 Å². The zero-order valence-electron chi connectivity index (χ0n) is 17.2. The van der Waals surface area contributed by atoms with Crippen molar-refractivity contribution in [3.8, 4) is 0 Å². The number of carbonyl (C=O) groups is 1. The lowest BCUT2D eigenvalue weighted by Gasteiger charge is -2.41. The third-order valence-electron chi connectivity index (χ3n) is 7.08. The number of hydrogen-bond acceptors (Lipinski definition) is 4.